The van der Waals surface area contributed by atoms with Crippen LogP contribution in [0.5, 0.6) is 0 Å². The van der Waals surface area contributed by atoms with Gasteiger partial charge in [-0.15, -0.1) is 0 Å². The second kappa shape index (κ2) is 18.3. The molecule has 3 rings (SSSR count). The van der Waals surface area contributed by atoms with Crippen molar-refractivity contribution < 1.29 is 9.59 Å². The number of ketones is 2. The minimum atomic E-state index is -0.837. The Labute approximate surface area is 273 Å². The standard InChI is InChI=1S/C17H26N2O.C14H20O.C8H12N2/c1-12(2)10-11-17(14(4)20,19-15(5)18)16-8-6-13(3)7-9-16;1-6-11-7-8-13(14(3,4)5)12(9-11)10(2)15;1-3-7-5-9-6-10-8(7)4-2/h6-9,12H,10-11H2,1-5H3,(H2,18,19);7-9H,6H2,1-5H3;5-6H,3-4H2,1-2H3. The first-order valence-electron chi connectivity index (χ1n) is 16.3. The van der Waals surface area contributed by atoms with Crippen LogP contribution in [0.4, 0.5) is 0 Å². The molecule has 6 heteroatoms. The van der Waals surface area contributed by atoms with Gasteiger partial charge < -0.3 is 5.73 Å². The van der Waals surface area contributed by atoms with Crippen molar-refractivity contribution in [3.63, 3.8) is 0 Å². The second-order valence-electron chi connectivity index (χ2n) is 13.2. The number of benzene rings is 2. The fraction of sp³-hybridized carbons (Fsp3) is 0.513. The number of nitrogens with two attached hydrogens (primary N) is 1. The Morgan fingerprint density at radius 2 is 1.53 bits per heavy atom. The van der Waals surface area contributed by atoms with Gasteiger partial charge >= 0.3 is 0 Å². The second-order valence-corrected chi connectivity index (χ2v) is 13.2. The molecule has 0 fully saturated rings. The maximum Gasteiger partial charge on any atom is 0.161 e. The van der Waals surface area contributed by atoms with Crippen LogP contribution in [0.15, 0.2) is 60.0 Å². The van der Waals surface area contributed by atoms with Gasteiger partial charge in [0.05, 0.1) is 5.84 Å². The van der Waals surface area contributed by atoms with Crippen LogP contribution in [-0.2, 0) is 35.0 Å². The molecule has 0 aliphatic heterocycles. The summed E-state index contributed by atoms with van der Waals surface area (Å²) in [7, 11) is 0. The summed E-state index contributed by atoms with van der Waals surface area (Å²) in [6.45, 7) is 24.1. The molecular formula is C39H58N4O2. The molecule has 2 N–H and O–H groups in total. The summed E-state index contributed by atoms with van der Waals surface area (Å²) in [6.07, 6.45) is 8.14. The summed E-state index contributed by atoms with van der Waals surface area (Å²) in [6, 6.07) is 14.3. The monoisotopic (exact) mass is 614 g/mol. The summed E-state index contributed by atoms with van der Waals surface area (Å²) < 4.78 is 0. The lowest BCUT2D eigenvalue weighted by atomic mass is 9.80. The number of hydrogen-bond acceptors (Lipinski definition) is 5. The average Bonchev–Trinajstić information content (AvgIpc) is 2.99. The van der Waals surface area contributed by atoms with Gasteiger partial charge in [0.1, 0.15) is 11.9 Å². The molecule has 3 aromatic rings. The first kappa shape index (κ1) is 39.4. The fourth-order valence-corrected chi connectivity index (χ4v) is 5.10. The van der Waals surface area contributed by atoms with Gasteiger partial charge in [0.2, 0.25) is 0 Å². The topological polar surface area (TPSA) is 98.3 Å². The van der Waals surface area contributed by atoms with E-state index in [-0.39, 0.29) is 17.0 Å². The molecule has 45 heavy (non-hydrogen) atoms. The van der Waals surface area contributed by atoms with Crippen molar-refractivity contribution in [1.29, 1.82) is 0 Å². The number of aromatic nitrogens is 2. The predicted octanol–water partition coefficient (Wildman–Crippen LogP) is 8.94. The van der Waals surface area contributed by atoms with Crippen molar-refractivity contribution in [3.05, 3.63) is 94.1 Å². The van der Waals surface area contributed by atoms with Gasteiger partial charge in [-0.05, 0) is 99.5 Å². The summed E-state index contributed by atoms with van der Waals surface area (Å²) in [5.74, 6) is 1.18. The van der Waals surface area contributed by atoms with E-state index in [2.05, 4.69) is 82.5 Å². The molecule has 0 spiro atoms. The number of aryl methyl sites for hydroxylation is 4. The van der Waals surface area contributed by atoms with Crippen LogP contribution in [0.25, 0.3) is 0 Å². The molecule has 1 aromatic heterocycles. The minimum absolute atomic E-state index is 0.0350. The van der Waals surface area contributed by atoms with E-state index in [0.29, 0.717) is 18.2 Å². The van der Waals surface area contributed by atoms with E-state index < -0.39 is 5.54 Å². The highest BCUT2D eigenvalue weighted by atomic mass is 16.1. The third kappa shape index (κ3) is 12.3. The van der Waals surface area contributed by atoms with Gasteiger partial charge in [-0.1, -0.05) is 97.4 Å². The van der Waals surface area contributed by atoms with E-state index >= 15 is 0 Å². The minimum Gasteiger partial charge on any atom is -0.388 e. The maximum absolute atomic E-state index is 12.3. The molecule has 1 unspecified atom stereocenters. The Kier molecular flexibility index (Phi) is 16.0. The van der Waals surface area contributed by atoms with Crippen molar-refractivity contribution >= 4 is 17.4 Å². The number of nitrogens with zero attached hydrogens (tertiary/aromatic N) is 3. The summed E-state index contributed by atoms with van der Waals surface area (Å²) >= 11 is 0. The molecule has 2 aromatic carbocycles. The molecule has 0 saturated heterocycles. The molecule has 0 saturated carbocycles. The van der Waals surface area contributed by atoms with E-state index in [0.717, 1.165) is 42.4 Å². The Hall–Kier alpha value is -3.67. The number of aliphatic imine (C=N–C) groups is 1. The maximum atomic E-state index is 12.3. The highest BCUT2D eigenvalue weighted by Crippen LogP contribution is 2.34. The van der Waals surface area contributed by atoms with E-state index in [1.165, 1.54) is 22.4 Å². The van der Waals surface area contributed by atoms with Crippen LogP contribution in [0, 0.1) is 12.8 Å². The number of hydrogen-bond donors (Lipinski definition) is 1. The quantitative estimate of drug-likeness (QED) is 0.140. The largest absolute Gasteiger partial charge is 0.388 e. The number of carbonyl (C=O) groups is 2. The summed E-state index contributed by atoms with van der Waals surface area (Å²) in [5, 5.41) is 0. The van der Waals surface area contributed by atoms with E-state index in [9.17, 15) is 9.59 Å². The predicted molar refractivity (Wildman–Crippen MR) is 190 cm³/mol. The number of amidine groups is 1. The van der Waals surface area contributed by atoms with Gasteiger partial charge in [-0.3, -0.25) is 14.6 Å². The van der Waals surface area contributed by atoms with Crippen LogP contribution < -0.4 is 5.73 Å². The zero-order valence-electron chi connectivity index (χ0n) is 30.0. The Morgan fingerprint density at radius 1 is 0.911 bits per heavy atom. The third-order valence-electron chi connectivity index (χ3n) is 7.84. The van der Waals surface area contributed by atoms with E-state index in [1.54, 1.807) is 27.1 Å². The Morgan fingerprint density at radius 3 is 1.96 bits per heavy atom. The number of rotatable bonds is 10. The zero-order chi connectivity index (χ0) is 34.4. The number of carbonyl (C=O) groups excluding carboxylic acids is 2. The molecular weight excluding hydrogens is 556 g/mol. The molecule has 1 atom stereocenters. The van der Waals surface area contributed by atoms with Crippen molar-refractivity contribution in [1.82, 2.24) is 9.97 Å². The lowest BCUT2D eigenvalue weighted by Gasteiger charge is -2.29. The average molecular weight is 615 g/mol. The van der Waals surface area contributed by atoms with Gasteiger partial charge in [0.25, 0.3) is 0 Å². The summed E-state index contributed by atoms with van der Waals surface area (Å²) in [5.41, 5.74) is 12.8. The molecule has 246 valence electrons. The molecule has 1 heterocycles. The van der Waals surface area contributed by atoms with Crippen LogP contribution >= 0.6 is 0 Å². The van der Waals surface area contributed by atoms with E-state index in [4.69, 9.17) is 5.73 Å². The summed E-state index contributed by atoms with van der Waals surface area (Å²) in [4.78, 5) is 36.6. The van der Waals surface area contributed by atoms with E-state index in [1.807, 2.05) is 43.5 Å². The highest BCUT2D eigenvalue weighted by molar-refractivity contribution is 5.96. The van der Waals surface area contributed by atoms with Crippen molar-refractivity contribution in [3.8, 4) is 0 Å². The lowest BCUT2D eigenvalue weighted by Crippen LogP contribution is -2.35. The van der Waals surface area contributed by atoms with Gasteiger partial charge in [-0.25, -0.2) is 9.97 Å². The first-order valence-corrected chi connectivity index (χ1v) is 16.3. The molecule has 0 bridgehead atoms. The van der Waals surface area contributed by atoms with Crippen molar-refractivity contribution in [2.24, 2.45) is 16.6 Å². The van der Waals surface area contributed by atoms with Crippen LogP contribution in [0.2, 0.25) is 0 Å². The van der Waals surface area contributed by atoms with Gasteiger partial charge in [-0.2, -0.15) is 0 Å². The first-order chi connectivity index (χ1) is 21.0. The Bertz CT molecular complexity index is 1370. The zero-order valence-corrected chi connectivity index (χ0v) is 30.0. The molecule has 0 radical (unpaired) electrons. The highest BCUT2D eigenvalue weighted by Gasteiger charge is 2.36. The van der Waals surface area contributed by atoms with Crippen molar-refractivity contribution in [2.75, 3.05) is 0 Å². The fourth-order valence-electron chi connectivity index (χ4n) is 5.10. The smallest absolute Gasteiger partial charge is 0.161 e. The lowest BCUT2D eigenvalue weighted by molar-refractivity contribution is -0.122. The molecule has 0 aliphatic carbocycles. The van der Waals surface area contributed by atoms with Gasteiger partial charge in [0, 0.05) is 17.5 Å². The van der Waals surface area contributed by atoms with Crippen LogP contribution in [0.3, 0.4) is 0 Å². The van der Waals surface area contributed by atoms with Gasteiger partial charge in [0.15, 0.2) is 11.6 Å². The molecule has 0 aliphatic rings. The third-order valence-corrected chi connectivity index (χ3v) is 7.84. The SMILES string of the molecule is CC(=O)C(CCC(C)C)(N=C(C)N)c1ccc(C)cc1.CCc1ccc(C(C)(C)C)c(C(C)=O)c1.CCc1cncnc1CC. The normalized spacial score (nSPS) is 12.8. The van der Waals surface area contributed by atoms with Crippen LogP contribution in [-0.4, -0.2) is 27.4 Å². The Balaban J connectivity index is 0.000000357. The molecule has 6 nitrogen and oxygen atoms in total. The molecule has 0 amide bonds. The van der Waals surface area contributed by atoms with Crippen LogP contribution in [0.1, 0.15) is 133 Å². The van der Waals surface area contributed by atoms with Crippen molar-refractivity contribution in [2.45, 2.75) is 126 Å². The number of Topliss-reactive ketones (excluding diaryl/α,β-unsaturated/α-hetero) is 2.